The molecule has 1 saturated carbocycles. The average Bonchev–Trinajstić information content (AvgIpc) is 3.30. The minimum atomic E-state index is -0.0287. The van der Waals surface area contributed by atoms with Crippen LogP contribution in [0.5, 0.6) is 0 Å². The zero-order valence-corrected chi connectivity index (χ0v) is 16.8. The van der Waals surface area contributed by atoms with Crippen LogP contribution in [0.1, 0.15) is 51.9 Å². The molecule has 0 aromatic carbocycles. The Hall–Kier alpha value is -0.770. The van der Waals surface area contributed by atoms with Crippen LogP contribution < -0.4 is 26.9 Å². The Labute approximate surface area is 163 Å². The number of hydrogen-bond acceptors (Lipinski definition) is 7. The van der Waals surface area contributed by atoms with Crippen molar-refractivity contribution in [1.29, 1.82) is 0 Å². The van der Waals surface area contributed by atoms with E-state index in [0.717, 1.165) is 51.9 Å². The van der Waals surface area contributed by atoms with Gasteiger partial charge in [-0.3, -0.25) is 15.1 Å². The lowest BCUT2D eigenvalue weighted by Gasteiger charge is -2.39. The molecule has 4 rings (SSSR count). The number of carbonyl (C=O) groups is 1. The molecule has 4 aliphatic rings. The van der Waals surface area contributed by atoms with E-state index in [1.807, 2.05) is 0 Å². The van der Waals surface area contributed by atoms with Crippen molar-refractivity contribution in [2.24, 2.45) is 11.8 Å². The number of carbonyl (C=O) groups excluding carboxylic acids is 1. The lowest BCUT2D eigenvalue weighted by atomic mass is 9.77. The fourth-order valence-corrected chi connectivity index (χ4v) is 5.36. The molecule has 5 N–H and O–H groups in total. The molecule has 1 amide bonds. The van der Waals surface area contributed by atoms with Crippen LogP contribution in [0.4, 0.5) is 0 Å². The van der Waals surface area contributed by atoms with Gasteiger partial charge in [-0.2, -0.15) is 0 Å². The molecule has 6 atom stereocenters. The molecule has 3 saturated heterocycles. The van der Waals surface area contributed by atoms with Crippen LogP contribution >= 0.6 is 0 Å². The van der Waals surface area contributed by atoms with E-state index in [4.69, 9.17) is 0 Å². The van der Waals surface area contributed by atoms with E-state index in [1.54, 1.807) is 0 Å². The normalized spacial score (nSPS) is 39.3. The van der Waals surface area contributed by atoms with Crippen LogP contribution in [0.2, 0.25) is 0 Å². The first-order valence-corrected chi connectivity index (χ1v) is 10.9. The van der Waals surface area contributed by atoms with Crippen molar-refractivity contribution in [2.45, 2.75) is 76.3 Å². The molecule has 0 radical (unpaired) electrons. The summed E-state index contributed by atoms with van der Waals surface area (Å²) in [4.78, 5) is 15.3. The van der Waals surface area contributed by atoms with Crippen molar-refractivity contribution in [1.82, 2.24) is 36.8 Å². The van der Waals surface area contributed by atoms with Crippen molar-refractivity contribution in [2.75, 3.05) is 26.8 Å². The third-order valence-corrected chi connectivity index (χ3v) is 7.07. The summed E-state index contributed by atoms with van der Waals surface area (Å²) in [6.07, 6.45) is 8.62. The Balaban J connectivity index is 1.28. The summed E-state index contributed by atoms with van der Waals surface area (Å²) in [6, 6.07) is 0.306. The maximum absolute atomic E-state index is 13.0. The zero-order chi connectivity index (χ0) is 18.8. The molecule has 0 bridgehead atoms. The van der Waals surface area contributed by atoms with Crippen molar-refractivity contribution in [3.05, 3.63) is 0 Å². The Morgan fingerprint density at radius 1 is 1.22 bits per heavy atom. The van der Waals surface area contributed by atoms with Crippen molar-refractivity contribution < 1.29 is 4.79 Å². The number of amides is 1. The minimum Gasteiger partial charge on any atom is -0.352 e. The third-order valence-electron chi connectivity index (χ3n) is 7.07. The topological polar surface area (TPSA) is 83.7 Å². The number of nitrogens with one attached hydrogen (secondary N) is 5. The highest BCUT2D eigenvalue weighted by Gasteiger charge is 2.39. The summed E-state index contributed by atoms with van der Waals surface area (Å²) in [5.74, 6) is 1.58. The molecule has 154 valence electrons. The van der Waals surface area contributed by atoms with Gasteiger partial charge in [-0.1, -0.05) is 19.8 Å². The van der Waals surface area contributed by atoms with E-state index in [1.165, 1.54) is 12.8 Å². The fraction of sp³-hybridized carbons (Fsp3) is 0.947. The lowest BCUT2D eigenvalue weighted by molar-refractivity contribution is -0.131. The van der Waals surface area contributed by atoms with Crippen LogP contribution in [0.15, 0.2) is 0 Å². The van der Waals surface area contributed by atoms with Crippen LogP contribution in [0.3, 0.4) is 0 Å². The van der Waals surface area contributed by atoms with Gasteiger partial charge in [0, 0.05) is 12.6 Å². The van der Waals surface area contributed by atoms with Gasteiger partial charge in [0.1, 0.15) is 6.04 Å². The first kappa shape index (κ1) is 19.5. The monoisotopic (exact) mass is 379 g/mol. The van der Waals surface area contributed by atoms with Gasteiger partial charge in [-0.15, -0.1) is 0 Å². The second-order valence-electron chi connectivity index (χ2n) is 8.98. The Kier molecular flexibility index (Phi) is 6.31. The molecule has 0 spiro atoms. The highest BCUT2D eigenvalue weighted by atomic mass is 16.2. The van der Waals surface area contributed by atoms with E-state index in [9.17, 15) is 4.79 Å². The molecule has 3 aliphatic heterocycles. The van der Waals surface area contributed by atoms with Crippen molar-refractivity contribution >= 4 is 5.91 Å². The summed E-state index contributed by atoms with van der Waals surface area (Å²) in [5.41, 5.74) is 9.99. The molecule has 0 aromatic rings. The number of hydrazine groups is 2. The van der Waals surface area contributed by atoms with Crippen LogP contribution in [-0.4, -0.2) is 67.0 Å². The number of rotatable bonds is 5. The first-order chi connectivity index (χ1) is 13.1. The summed E-state index contributed by atoms with van der Waals surface area (Å²) in [5, 5.41) is 9.05. The zero-order valence-electron chi connectivity index (χ0n) is 16.8. The molecule has 1 aliphatic carbocycles. The molecule has 3 heterocycles. The van der Waals surface area contributed by atoms with Crippen LogP contribution in [-0.2, 0) is 4.79 Å². The second kappa shape index (κ2) is 8.71. The number of nitrogens with zero attached hydrogens (tertiary/aromatic N) is 2. The SMILES string of the molecule is C[C@H](CC1NNCN1C)C1CCCC(NC(=O)C2CCNC3CCNN32)C1. The van der Waals surface area contributed by atoms with Gasteiger partial charge < -0.3 is 10.6 Å². The maximum Gasteiger partial charge on any atom is 0.239 e. The molecule has 4 fully saturated rings. The molecular formula is C19H37N7O. The summed E-state index contributed by atoms with van der Waals surface area (Å²) in [6.45, 7) is 5.18. The highest BCUT2D eigenvalue weighted by molar-refractivity contribution is 5.82. The Morgan fingerprint density at radius 2 is 2.11 bits per heavy atom. The molecule has 8 heteroatoms. The van der Waals surface area contributed by atoms with E-state index in [0.29, 0.717) is 30.2 Å². The van der Waals surface area contributed by atoms with E-state index in [-0.39, 0.29) is 11.9 Å². The van der Waals surface area contributed by atoms with Crippen molar-refractivity contribution in [3.63, 3.8) is 0 Å². The second-order valence-corrected chi connectivity index (χ2v) is 8.98. The summed E-state index contributed by atoms with van der Waals surface area (Å²) in [7, 11) is 2.16. The van der Waals surface area contributed by atoms with Gasteiger partial charge in [0.25, 0.3) is 0 Å². The number of hydrogen-bond donors (Lipinski definition) is 5. The van der Waals surface area contributed by atoms with Gasteiger partial charge in [-0.05, 0) is 57.5 Å². The largest absolute Gasteiger partial charge is 0.352 e. The van der Waals surface area contributed by atoms with E-state index >= 15 is 0 Å². The molecule has 27 heavy (non-hydrogen) atoms. The van der Waals surface area contributed by atoms with E-state index in [2.05, 4.69) is 50.8 Å². The summed E-state index contributed by atoms with van der Waals surface area (Å²) < 4.78 is 0. The molecule has 5 unspecified atom stereocenters. The minimum absolute atomic E-state index is 0.0287. The van der Waals surface area contributed by atoms with E-state index < -0.39 is 0 Å². The first-order valence-electron chi connectivity index (χ1n) is 10.9. The van der Waals surface area contributed by atoms with Gasteiger partial charge in [0.2, 0.25) is 5.91 Å². The van der Waals surface area contributed by atoms with Gasteiger partial charge >= 0.3 is 0 Å². The lowest BCUT2D eigenvalue weighted by Crippen LogP contribution is -2.62. The highest BCUT2D eigenvalue weighted by Crippen LogP contribution is 2.33. The van der Waals surface area contributed by atoms with Gasteiger partial charge in [0.05, 0.1) is 19.0 Å². The predicted octanol–water partition coefficient (Wildman–Crippen LogP) is -0.0909. The van der Waals surface area contributed by atoms with Gasteiger partial charge in [-0.25, -0.2) is 15.9 Å². The standard InChI is InChI=1S/C19H37N7O/c1-13(10-18-24-21-12-25(18)2)14-4-3-5-15(11-14)23-19(27)16-6-8-20-17-7-9-22-26(16)17/h13-18,20-22,24H,3-12H2,1-2H3,(H,23,27)/t13-,14?,15?,16?,17?,18?/m1/s1. The van der Waals surface area contributed by atoms with Crippen LogP contribution in [0, 0.1) is 11.8 Å². The molecule has 8 nitrogen and oxygen atoms in total. The fourth-order valence-electron chi connectivity index (χ4n) is 5.36. The molecular weight excluding hydrogens is 342 g/mol. The Morgan fingerprint density at radius 3 is 2.93 bits per heavy atom. The average molecular weight is 380 g/mol. The van der Waals surface area contributed by atoms with Crippen LogP contribution in [0.25, 0.3) is 0 Å². The number of fused-ring (bicyclic) bond motifs is 1. The predicted molar refractivity (Wildman–Crippen MR) is 105 cm³/mol. The van der Waals surface area contributed by atoms with Gasteiger partial charge in [0.15, 0.2) is 0 Å². The quantitative estimate of drug-likeness (QED) is 0.457. The Bertz CT molecular complexity index is 518. The third kappa shape index (κ3) is 4.46. The smallest absolute Gasteiger partial charge is 0.239 e. The van der Waals surface area contributed by atoms with Crippen molar-refractivity contribution in [3.8, 4) is 0 Å². The molecule has 0 aromatic heterocycles. The maximum atomic E-state index is 13.0. The summed E-state index contributed by atoms with van der Waals surface area (Å²) >= 11 is 0.